The summed E-state index contributed by atoms with van der Waals surface area (Å²) in [7, 11) is 0. The molecule has 0 heterocycles. The highest BCUT2D eigenvalue weighted by atomic mass is 35.5. The van der Waals surface area contributed by atoms with Crippen molar-refractivity contribution in [3.8, 4) is 0 Å². The van der Waals surface area contributed by atoms with E-state index in [0.717, 1.165) is 0 Å². The number of aliphatic hydroxyl groups excluding tert-OH is 1. The topological polar surface area (TPSA) is 40.5 Å². The van der Waals surface area contributed by atoms with Crippen LogP contribution in [0, 0.1) is 5.82 Å². The third-order valence-electron chi connectivity index (χ3n) is 2.41. The molecule has 1 amide bonds. The maximum absolute atomic E-state index is 13.2. The van der Waals surface area contributed by atoms with Crippen molar-refractivity contribution in [1.29, 1.82) is 0 Å². The fourth-order valence-corrected chi connectivity index (χ4v) is 1.73. The Kier molecular flexibility index (Phi) is 4.90. The summed E-state index contributed by atoms with van der Waals surface area (Å²) in [5, 5.41) is 8.72. The normalized spacial score (nSPS) is 10.7. The first-order valence-electron chi connectivity index (χ1n) is 5.35. The van der Waals surface area contributed by atoms with E-state index in [1.54, 1.807) is 0 Å². The molecule has 0 aliphatic heterocycles. The monoisotopic (exact) mass is 259 g/mol. The minimum atomic E-state index is -0.620. The zero-order valence-electron chi connectivity index (χ0n) is 9.78. The maximum atomic E-state index is 13.2. The first-order chi connectivity index (χ1) is 7.99. The standard InChI is InChI=1S/C12H15ClFNO2/c1-8(2)15(6-7-16)12(17)9-4-3-5-10(14)11(9)13/h3-5,8,16H,6-7H2,1-2H3. The Morgan fingerprint density at radius 3 is 2.71 bits per heavy atom. The number of amides is 1. The summed E-state index contributed by atoms with van der Waals surface area (Å²) in [6, 6.07) is 4.02. The molecule has 0 unspecified atom stereocenters. The summed E-state index contributed by atoms with van der Waals surface area (Å²) in [4.78, 5) is 13.6. The molecule has 0 spiro atoms. The Hall–Kier alpha value is -1.13. The molecule has 1 N–H and O–H groups in total. The summed E-state index contributed by atoms with van der Waals surface area (Å²) in [6.45, 7) is 3.70. The second-order valence-corrected chi connectivity index (χ2v) is 4.30. The molecule has 0 fully saturated rings. The van der Waals surface area contributed by atoms with E-state index in [-0.39, 0.29) is 35.7 Å². The van der Waals surface area contributed by atoms with Crippen LogP contribution in [0.25, 0.3) is 0 Å². The van der Waals surface area contributed by atoms with Gasteiger partial charge in [0.1, 0.15) is 5.82 Å². The van der Waals surface area contributed by atoms with Gasteiger partial charge in [0.15, 0.2) is 0 Å². The van der Waals surface area contributed by atoms with Crippen LogP contribution in [-0.4, -0.2) is 35.1 Å². The molecule has 0 aliphatic carbocycles. The number of rotatable bonds is 4. The molecule has 0 atom stereocenters. The molecule has 1 rings (SSSR count). The molecule has 0 aliphatic rings. The van der Waals surface area contributed by atoms with E-state index < -0.39 is 5.82 Å². The van der Waals surface area contributed by atoms with Gasteiger partial charge < -0.3 is 10.0 Å². The first kappa shape index (κ1) is 13.9. The SMILES string of the molecule is CC(C)N(CCO)C(=O)c1cccc(F)c1Cl. The molecule has 0 bridgehead atoms. The summed E-state index contributed by atoms with van der Waals surface area (Å²) in [6.07, 6.45) is 0. The molecular weight excluding hydrogens is 245 g/mol. The van der Waals surface area contributed by atoms with E-state index in [2.05, 4.69) is 0 Å². The van der Waals surface area contributed by atoms with Crippen molar-refractivity contribution in [2.24, 2.45) is 0 Å². The summed E-state index contributed by atoms with van der Waals surface area (Å²) in [5.74, 6) is -0.997. The van der Waals surface area contributed by atoms with Gasteiger partial charge in [-0.3, -0.25) is 4.79 Å². The molecule has 0 aromatic heterocycles. The number of hydrogen-bond donors (Lipinski definition) is 1. The lowest BCUT2D eigenvalue weighted by atomic mass is 10.1. The van der Waals surface area contributed by atoms with Gasteiger partial charge in [0.2, 0.25) is 0 Å². The molecule has 17 heavy (non-hydrogen) atoms. The smallest absolute Gasteiger partial charge is 0.255 e. The Morgan fingerprint density at radius 2 is 2.18 bits per heavy atom. The van der Waals surface area contributed by atoms with Crippen LogP contribution in [0.4, 0.5) is 4.39 Å². The number of carbonyl (C=O) groups is 1. The number of carbonyl (C=O) groups excluding carboxylic acids is 1. The van der Waals surface area contributed by atoms with Crippen molar-refractivity contribution in [2.75, 3.05) is 13.2 Å². The molecule has 0 saturated carbocycles. The minimum absolute atomic E-state index is 0.0889. The van der Waals surface area contributed by atoms with Crippen LogP contribution in [0.5, 0.6) is 0 Å². The molecule has 3 nitrogen and oxygen atoms in total. The predicted octanol–water partition coefficient (Wildman–Crippen LogP) is 2.32. The Bertz CT molecular complexity index is 409. The van der Waals surface area contributed by atoms with E-state index in [9.17, 15) is 9.18 Å². The van der Waals surface area contributed by atoms with Gasteiger partial charge in [-0.15, -0.1) is 0 Å². The van der Waals surface area contributed by atoms with Crippen LogP contribution in [0.3, 0.4) is 0 Å². The molecular formula is C12H15ClFNO2. The van der Waals surface area contributed by atoms with Gasteiger partial charge >= 0.3 is 0 Å². The van der Waals surface area contributed by atoms with Crippen molar-refractivity contribution in [2.45, 2.75) is 19.9 Å². The number of halogens is 2. The summed E-state index contributed by atoms with van der Waals surface area (Å²) < 4.78 is 13.2. The van der Waals surface area contributed by atoms with Crippen LogP contribution < -0.4 is 0 Å². The Labute approximate surface area is 105 Å². The van der Waals surface area contributed by atoms with Crippen molar-refractivity contribution >= 4 is 17.5 Å². The minimum Gasteiger partial charge on any atom is -0.395 e. The molecule has 1 aromatic rings. The average Bonchev–Trinajstić information content (AvgIpc) is 2.28. The Balaban J connectivity index is 3.05. The molecule has 0 radical (unpaired) electrons. The van der Waals surface area contributed by atoms with Gasteiger partial charge in [0, 0.05) is 12.6 Å². The second kappa shape index (κ2) is 5.98. The predicted molar refractivity (Wildman–Crippen MR) is 64.7 cm³/mol. The van der Waals surface area contributed by atoms with E-state index in [4.69, 9.17) is 16.7 Å². The zero-order valence-corrected chi connectivity index (χ0v) is 10.5. The van der Waals surface area contributed by atoms with Gasteiger partial charge in [-0.25, -0.2) is 4.39 Å². The molecule has 5 heteroatoms. The largest absolute Gasteiger partial charge is 0.395 e. The summed E-state index contributed by atoms with van der Waals surface area (Å²) in [5.41, 5.74) is 0.119. The van der Waals surface area contributed by atoms with Gasteiger partial charge in [-0.05, 0) is 26.0 Å². The number of nitrogens with zero attached hydrogens (tertiary/aromatic N) is 1. The van der Waals surface area contributed by atoms with E-state index in [1.807, 2.05) is 13.8 Å². The van der Waals surface area contributed by atoms with Crippen LogP contribution in [0.15, 0.2) is 18.2 Å². The lowest BCUT2D eigenvalue weighted by Crippen LogP contribution is -2.39. The molecule has 94 valence electrons. The fraction of sp³-hybridized carbons (Fsp3) is 0.417. The van der Waals surface area contributed by atoms with Crippen LogP contribution in [0.2, 0.25) is 5.02 Å². The molecule has 0 saturated heterocycles. The van der Waals surface area contributed by atoms with Gasteiger partial charge in [-0.2, -0.15) is 0 Å². The van der Waals surface area contributed by atoms with E-state index >= 15 is 0 Å². The summed E-state index contributed by atoms with van der Waals surface area (Å²) >= 11 is 5.75. The van der Waals surface area contributed by atoms with Crippen LogP contribution in [-0.2, 0) is 0 Å². The second-order valence-electron chi connectivity index (χ2n) is 3.92. The Morgan fingerprint density at radius 1 is 1.53 bits per heavy atom. The lowest BCUT2D eigenvalue weighted by Gasteiger charge is -2.26. The highest BCUT2D eigenvalue weighted by Crippen LogP contribution is 2.21. The van der Waals surface area contributed by atoms with Gasteiger partial charge in [-0.1, -0.05) is 17.7 Å². The number of hydrogen-bond acceptors (Lipinski definition) is 2. The highest BCUT2D eigenvalue weighted by Gasteiger charge is 2.21. The third kappa shape index (κ3) is 3.17. The van der Waals surface area contributed by atoms with Gasteiger partial charge in [0.05, 0.1) is 17.2 Å². The van der Waals surface area contributed by atoms with E-state index in [0.29, 0.717) is 0 Å². The van der Waals surface area contributed by atoms with E-state index in [1.165, 1.54) is 23.1 Å². The van der Waals surface area contributed by atoms with Crippen molar-refractivity contribution in [3.63, 3.8) is 0 Å². The van der Waals surface area contributed by atoms with Crippen molar-refractivity contribution in [3.05, 3.63) is 34.6 Å². The van der Waals surface area contributed by atoms with Gasteiger partial charge in [0.25, 0.3) is 5.91 Å². The quantitative estimate of drug-likeness (QED) is 0.902. The fourth-order valence-electron chi connectivity index (χ4n) is 1.53. The average molecular weight is 260 g/mol. The number of benzene rings is 1. The maximum Gasteiger partial charge on any atom is 0.255 e. The molecule has 1 aromatic carbocycles. The third-order valence-corrected chi connectivity index (χ3v) is 2.79. The van der Waals surface area contributed by atoms with Crippen molar-refractivity contribution in [1.82, 2.24) is 4.90 Å². The zero-order chi connectivity index (χ0) is 13.0. The van der Waals surface area contributed by atoms with Crippen molar-refractivity contribution < 1.29 is 14.3 Å². The number of aliphatic hydroxyl groups is 1. The van der Waals surface area contributed by atoms with Crippen LogP contribution >= 0.6 is 11.6 Å². The lowest BCUT2D eigenvalue weighted by molar-refractivity contribution is 0.0665. The first-order valence-corrected chi connectivity index (χ1v) is 5.72. The highest BCUT2D eigenvalue weighted by molar-refractivity contribution is 6.34. The van der Waals surface area contributed by atoms with Crippen LogP contribution in [0.1, 0.15) is 24.2 Å².